The van der Waals surface area contributed by atoms with Gasteiger partial charge in [0.15, 0.2) is 5.82 Å². The highest BCUT2D eigenvalue weighted by atomic mass is 16.5. The van der Waals surface area contributed by atoms with Crippen molar-refractivity contribution in [1.82, 2.24) is 10.1 Å². The van der Waals surface area contributed by atoms with Gasteiger partial charge in [0.25, 0.3) is 0 Å². The Labute approximate surface area is 101 Å². The van der Waals surface area contributed by atoms with E-state index >= 15 is 0 Å². The van der Waals surface area contributed by atoms with E-state index in [2.05, 4.69) is 10.1 Å². The summed E-state index contributed by atoms with van der Waals surface area (Å²) in [6, 6.07) is 0. The first-order valence-corrected chi connectivity index (χ1v) is 6.24. The number of Topliss-reactive ketones (excluding diaryl/α,β-unsaturated/α-hetero) is 1. The van der Waals surface area contributed by atoms with Crippen LogP contribution in [0.25, 0.3) is 0 Å². The third-order valence-corrected chi connectivity index (χ3v) is 3.02. The van der Waals surface area contributed by atoms with Gasteiger partial charge in [0.05, 0.1) is 5.92 Å². The van der Waals surface area contributed by atoms with Gasteiger partial charge < -0.3 is 9.26 Å². The zero-order chi connectivity index (χ0) is 12.1. The van der Waals surface area contributed by atoms with Crippen LogP contribution in [-0.4, -0.2) is 22.5 Å². The molecule has 5 nitrogen and oxygen atoms in total. The molecule has 0 spiro atoms. The first-order chi connectivity index (χ1) is 8.31. The Morgan fingerprint density at radius 3 is 3.12 bits per heavy atom. The number of ketones is 1. The molecule has 0 aromatic carbocycles. The maximum atomic E-state index is 11.9. The lowest BCUT2D eigenvalue weighted by Gasteiger charge is -2.06. The van der Waals surface area contributed by atoms with Gasteiger partial charge in [-0.2, -0.15) is 4.98 Å². The van der Waals surface area contributed by atoms with Gasteiger partial charge in [0.2, 0.25) is 5.89 Å². The molecule has 94 valence electrons. The minimum atomic E-state index is -0.194. The Morgan fingerprint density at radius 2 is 2.29 bits per heavy atom. The summed E-state index contributed by atoms with van der Waals surface area (Å²) in [5, 5.41) is 3.83. The molecule has 1 atom stereocenters. The number of rotatable bonds is 4. The van der Waals surface area contributed by atoms with Gasteiger partial charge in [-0.15, -0.1) is 0 Å². The summed E-state index contributed by atoms with van der Waals surface area (Å²) in [5.41, 5.74) is 0. The first kappa shape index (κ1) is 12.2. The van der Waals surface area contributed by atoms with Crippen molar-refractivity contribution < 1.29 is 14.1 Å². The summed E-state index contributed by atoms with van der Waals surface area (Å²) in [6.45, 7) is 2.88. The molecule has 17 heavy (non-hydrogen) atoms. The number of carbonyl (C=O) groups excluding carboxylic acids is 1. The fourth-order valence-corrected chi connectivity index (χ4v) is 2.08. The molecule has 1 heterocycles. The third kappa shape index (κ3) is 3.12. The van der Waals surface area contributed by atoms with E-state index in [1.807, 2.05) is 6.92 Å². The van der Waals surface area contributed by atoms with Crippen LogP contribution in [0.15, 0.2) is 4.52 Å². The molecule has 1 saturated carbocycles. The number of hydrogen-bond donors (Lipinski definition) is 0. The topological polar surface area (TPSA) is 65.2 Å². The predicted octanol–water partition coefficient (Wildman–Crippen LogP) is 2.22. The predicted molar refractivity (Wildman–Crippen MR) is 60.5 cm³/mol. The van der Waals surface area contributed by atoms with Crippen LogP contribution in [0.1, 0.15) is 56.7 Å². The van der Waals surface area contributed by atoms with E-state index in [4.69, 9.17) is 9.26 Å². The highest BCUT2D eigenvalue weighted by molar-refractivity contribution is 5.84. The van der Waals surface area contributed by atoms with Crippen LogP contribution >= 0.6 is 0 Å². The first-order valence-electron chi connectivity index (χ1n) is 6.24. The van der Waals surface area contributed by atoms with Gasteiger partial charge in [0.1, 0.15) is 12.4 Å². The maximum Gasteiger partial charge on any atom is 0.237 e. The monoisotopic (exact) mass is 238 g/mol. The minimum Gasteiger partial charge on any atom is -0.374 e. The van der Waals surface area contributed by atoms with Crippen molar-refractivity contribution >= 4 is 5.78 Å². The van der Waals surface area contributed by atoms with Crippen molar-refractivity contribution in [2.75, 3.05) is 6.61 Å². The van der Waals surface area contributed by atoms with E-state index in [-0.39, 0.29) is 11.7 Å². The van der Waals surface area contributed by atoms with Gasteiger partial charge in [-0.05, 0) is 19.8 Å². The highest BCUT2D eigenvalue weighted by Crippen LogP contribution is 2.27. The molecule has 0 bridgehead atoms. The van der Waals surface area contributed by atoms with Gasteiger partial charge in [-0.3, -0.25) is 4.79 Å². The molecular formula is C12H18N2O3. The normalized spacial score (nSPS) is 21.5. The van der Waals surface area contributed by atoms with Crippen molar-refractivity contribution in [3.8, 4) is 0 Å². The van der Waals surface area contributed by atoms with Crippen LogP contribution in [0.2, 0.25) is 0 Å². The Bertz CT molecular complexity index is 376. The lowest BCUT2D eigenvalue weighted by atomic mass is 9.99. The average Bonchev–Trinajstić information content (AvgIpc) is 2.69. The molecule has 1 aromatic heterocycles. The smallest absolute Gasteiger partial charge is 0.237 e. The lowest BCUT2D eigenvalue weighted by Crippen LogP contribution is -2.11. The van der Waals surface area contributed by atoms with Crippen molar-refractivity contribution in [1.29, 1.82) is 0 Å². The number of aromatic nitrogens is 2. The Hall–Kier alpha value is -1.23. The van der Waals surface area contributed by atoms with E-state index in [1.165, 1.54) is 0 Å². The summed E-state index contributed by atoms with van der Waals surface area (Å²) < 4.78 is 10.4. The quantitative estimate of drug-likeness (QED) is 0.752. The molecule has 0 radical (unpaired) electrons. The van der Waals surface area contributed by atoms with Crippen LogP contribution in [-0.2, 0) is 16.1 Å². The van der Waals surface area contributed by atoms with E-state index in [9.17, 15) is 4.79 Å². The standard InChI is InChI=1S/C12H18N2O3/c1-2-16-8-11-13-12(17-14-11)9-6-4-3-5-7-10(9)15/h9H,2-8H2,1H3. The van der Waals surface area contributed by atoms with Crippen molar-refractivity contribution in [3.05, 3.63) is 11.7 Å². The van der Waals surface area contributed by atoms with Gasteiger partial charge in [0, 0.05) is 13.0 Å². The maximum absolute atomic E-state index is 11.9. The number of carbonyl (C=O) groups is 1. The molecule has 1 fully saturated rings. The van der Waals surface area contributed by atoms with Crippen LogP contribution < -0.4 is 0 Å². The second-order valence-corrected chi connectivity index (χ2v) is 4.30. The summed E-state index contributed by atoms with van der Waals surface area (Å²) in [6.07, 6.45) is 4.61. The molecule has 1 aromatic rings. The summed E-state index contributed by atoms with van der Waals surface area (Å²) >= 11 is 0. The van der Waals surface area contributed by atoms with E-state index in [1.54, 1.807) is 0 Å². The van der Waals surface area contributed by atoms with E-state index < -0.39 is 0 Å². The highest BCUT2D eigenvalue weighted by Gasteiger charge is 2.27. The largest absolute Gasteiger partial charge is 0.374 e. The van der Waals surface area contributed by atoms with Gasteiger partial charge in [-0.1, -0.05) is 18.0 Å². The molecule has 1 aliphatic rings. The van der Waals surface area contributed by atoms with Crippen LogP contribution in [0, 0.1) is 0 Å². The molecule has 2 rings (SSSR count). The summed E-state index contributed by atoms with van der Waals surface area (Å²) in [7, 11) is 0. The lowest BCUT2D eigenvalue weighted by molar-refractivity contribution is -0.120. The second kappa shape index (κ2) is 5.91. The Balaban J connectivity index is 2.04. The molecule has 0 saturated heterocycles. The third-order valence-electron chi connectivity index (χ3n) is 3.02. The molecule has 1 unspecified atom stereocenters. The fourth-order valence-electron chi connectivity index (χ4n) is 2.08. The van der Waals surface area contributed by atoms with Crippen LogP contribution in [0.5, 0.6) is 0 Å². The van der Waals surface area contributed by atoms with Crippen LogP contribution in [0.3, 0.4) is 0 Å². The fraction of sp³-hybridized carbons (Fsp3) is 0.750. The molecule has 5 heteroatoms. The molecule has 0 N–H and O–H groups in total. The summed E-state index contributed by atoms with van der Waals surface area (Å²) in [4.78, 5) is 16.1. The average molecular weight is 238 g/mol. The minimum absolute atomic E-state index is 0.194. The number of ether oxygens (including phenoxy) is 1. The zero-order valence-corrected chi connectivity index (χ0v) is 10.1. The summed E-state index contributed by atoms with van der Waals surface area (Å²) in [5.74, 6) is 1.03. The number of nitrogens with zero attached hydrogens (tertiary/aromatic N) is 2. The zero-order valence-electron chi connectivity index (χ0n) is 10.1. The molecule has 1 aliphatic carbocycles. The Morgan fingerprint density at radius 1 is 1.41 bits per heavy atom. The van der Waals surface area contributed by atoms with Crippen LogP contribution in [0.4, 0.5) is 0 Å². The Kier molecular flexibility index (Phi) is 4.25. The molecular weight excluding hydrogens is 220 g/mol. The SMILES string of the molecule is CCOCc1noc(C2CCCCCC2=O)n1. The van der Waals surface area contributed by atoms with E-state index in [0.717, 1.165) is 25.7 Å². The molecule has 0 amide bonds. The van der Waals surface area contributed by atoms with E-state index in [0.29, 0.717) is 31.3 Å². The van der Waals surface area contributed by atoms with Crippen molar-refractivity contribution in [2.45, 2.75) is 51.6 Å². The number of hydrogen-bond acceptors (Lipinski definition) is 5. The van der Waals surface area contributed by atoms with Gasteiger partial charge in [-0.25, -0.2) is 0 Å². The van der Waals surface area contributed by atoms with Crippen molar-refractivity contribution in [2.24, 2.45) is 0 Å². The second-order valence-electron chi connectivity index (χ2n) is 4.30. The molecule has 0 aliphatic heterocycles. The van der Waals surface area contributed by atoms with Crippen molar-refractivity contribution in [3.63, 3.8) is 0 Å². The van der Waals surface area contributed by atoms with Gasteiger partial charge >= 0.3 is 0 Å².